The van der Waals surface area contributed by atoms with Crippen molar-refractivity contribution in [3.8, 4) is 0 Å². The van der Waals surface area contributed by atoms with E-state index in [0.717, 1.165) is 25.0 Å². The van der Waals surface area contributed by atoms with E-state index in [0.29, 0.717) is 17.9 Å². The summed E-state index contributed by atoms with van der Waals surface area (Å²) in [5, 5.41) is 0. The predicted octanol–water partition coefficient (Wildman–Crippen LogP) is 6.91. The molecule has 0 N–H and O–H groups in total. The topological polar surface area (TPSA) is 0 Å². The van der Waals surface area contributed by atoms with Crippen LogP contribution in [0.15, 0.2) is 42.0 Å². The van der Waals surface area contributed by atoms with Gasteiger partial charge in [0.1, 0.15) is 11.6 Å². The van der Waals surface area contributed by atoms with Gasteiger partial charge >= 0.3 is 6.08 Å². The van der Waals surface area contributed by atoms with Crippen molar-refractivity contribution < 1.29 is 22.0 Å². The fourth-order valence-corrected chi connectivity index (χ4v) is 2.96. The van der Waals surface area contributed by atoms with Crippen molar-refractivity contribution in [1.29, 1.82) is 0 Å². The van der Waals surface area contributed by atoms with Crippen molar-refractivity contribution >= 4 is 5.83 Å². The van der Waals surface area contributed by atoms with E-state index in [1.165, 1.54) is 5.57 Å². The van der Waals surface area contributed by atoms with Crippen LogP contribution in [0, 0.1) is 17.6 Å². The second-order valence-electron chi connectivity index (χ2n) is 6.03. The number of hydrogen-bond donors (Lipinski definition) is 0. The van der Waals surface area contributed by atoms with Crippen LogP contribution in [0.3, 0.4) is 0 Å². The van der Waals surface area contributed by atoms with Gasteiger partial charge in [0.25, 0.3) is 0 Å². The molecule has 2 atom stereocenters. The molecule has 130 valence electrons. The van der Waals surface area contributed by atoms with E-state index in [9.17, 15) is 22.0 Å². The molecular weight excluding hydrogens is 323 g/mol. The molecule has 2 rings (SSSR count). The molecule has 0 saturated heterocycles. The summed E-state index contributed by atoms with van der Waals surface area (Å²) in [7, 11) is 0. The molecule has 1 aromatic rings. The Labute approximate surface area is 138 Å². The van der Waals surface area contributed by atoms with Gasteiger partial charge in [-0.05, 0) is 42.0 Å². The Bertz CT molecular complexity index is 673. The van der Waals surface area contributed by atoms with Gasteiger partial charge in [-0.2, -0.15) is 8.78 Å². The normalized spacial score (nSPS) is 18.3. The lowest BCUT2D eigenvalue weighted by atomic mass is 9.85. The first kappa shape index (κ1) is 18.4. The molecule has 1 aliphatic rings. The standard InChI is InChI=1S/C19H19F5/c1-3-4-11(2)12-5-7-13(8-6-12)14-9-15(20)17(16(21)10-14)18(22)19(23)24/h5-7,9-11,13H,3-4,8H2,1-2H3. The summed E-state index contributed by atoms with van der Waals surface area (Å²) in [4.78, 5) is 0. The van der Waals surface area contributed by atoms with Gasteiger partial charge in [0, 0.05) is 5.92 Å². The molecule has 0 aliphatic heterocycles. The average Bonchev–Trinajstić information content (AvgIpc) is 2.54. The molecule has 0 saturated carbocycles. The summed E-state index contributed by atoms with van der Waals surface area (Å²) >= 11 is 0. The van der Waals surface area contributed by atoms with Gasteiger partial charge in [0.05, 0.1) is 5.56 Å². The summed E-state index contributed by atoms with van der Waals surface area (Å²) in [6, 6.07) is 1.84. The number of benzene rings is 1. The lowest BCUT2D eigenvalue weighted by Crippen LogP contribution is -2.06. The second-order valence-corrected chi connectivity index (χ2v) is 6.03. The highest BCUT2D eigenvalue weighted by Crippen LogP contribution is 2.34. The maximum Gasteiger partial charge on any atom is 0.306 e. The molecule has 0 nitrogen and oxygen atoms in total. The highest BCUT2D eigenvalue weighted by Gasteiger charge is 2.22. The SMILES string of the molecule is CCCC(C)C1=CCC(c2cc(F)c(C(F)=C(F)F)c(F)c2)C=C1. The third-order valence-electron chi connectivity index (χ3n) is 4.30. The van der Waals surface area contributed by atoms with Crippen molar-refractivity contribution in [2.24, 2.45) is 5.92 Å². The average molecular weight is 342 g/mol. The summed E-state index contributed by atoms with van der Waals surface area (Å²) < 4.78 is 65.5. The maximum absolute atomic E-state index is 13.9. The maximum atomic E-state index is 13.9. The van der Waals surface area contributed by atoms with E-state index in [-0.39, 0.29) is 5.92 Å². The van der Waals surface area contributed by atoms with E-state index in [4.69, 9.17) is 0 Å². The molecule has 0 spiro atoms. The highest BCUT2D eigenvalue weighted by molar-refractivity contribution is 5.61. The van der Waals surface area contributed by atoms with Crippen LogP contribution in [0.5, 0.6) is 0 Å². The van der Waals surface area contributed by atoms with Gasteiger partial charge < -0.3 is 0 Å². The van der Waals surface area contributed by atoms with E-state index >= 15 is 0 Å². The van der Waals surface area contributed by atoms with Gasteiger partial charge in [-0.1, -0.05) is 38.5 Å². The van der Waals surface area contributed by atoms with E-state index in [1.54, 1.807) is 0 Å². The van der Waals surface area contributed by atoms with Crippen LogP contribution in [0.2, 0.25) is 0 Å². The van der Waals surface area contributed by atoms with Gasteiger partial charge in [0.15, 0.2) is 0 Å². The van der Waals surface area contributed by atoms with Crippen molar-refractivity contribution in [1.82, 2.24) is 0 Å². The lowest BCUT2D eigenvalue weighted by molar-refractivity contribution is 0.407. The number of halogens is 5. The van der Waals surface area contributed by atoms with Crippen LogP contribution in [0.1, 0.15) is 50.2 Å². The monoisotopic (exact) mass is 342 g/mol. The summed E-state index contributed by atoms with van der Waals surface area (Å²) in [5.41, 5.74) is 0.168. The molecule has 1 aliphatic carbocycles. The van der Waals surface area contributed by atoms with Crippen LogP contribution in [-0.2, 0) is 0 Å². The summed E-state index contributed by atoms with van der Waals surface area (Å²) in [6.07, 6.45) is 5.74. The molecule has 24 heavy (non-hydrogen) atoms. The number of allylic oxidation sites excluding steroid dienone is 4. The zero-order chi connectivity index (χ0) is 17.9. The molecule has 0 bridgehead atoms. The minimum Gasteiger partial charge on any atom is -0.206 e. The van der Waals surface area contributed by atoms with Gasteiger partial charge in [0.2, 0.25) is 5.83 Å². The molecule has 0 fully saturated rings. The van der Waals surface area contributed by atoms with Gasteiger partial charge in [-0.3, -0.25) is 0 Å². The van der Waals surface area contributed by atoms with Crippen LogP contribution in [0.25, 0.3) is 5.83 Å². The molecule has 2 unspecified atom stereocenters. The van der Waals surface area contributed by atoms with Gasteiger partial charge in [-0.25, -0.2) is 13.2 Å². The zero-order valence-corrected chi connectivity index (χ0v) is 13.6. The Morgan fingerprint density at radius 1 is 1.17 bits per heavy atom. The summed E-state index contributed by atoms with van der Waals surface area (Å²) in [6.45, 7) is 4.22. The van der Waals surface area contributed by atoms with Crippen molar-refractivity contribution in [2.75, 3.05) is 0 Å². The van der Waals surface area contributed by atoms with Crippen molar-refractivity contribution in [3.05, 3.63) is 64.8 Å². The Kier molecular flexibility index (Phi) is 5.97. The number of hydrogen-bond acceptors (Lipinski definition) is 0. The van der Waals surface area contributed by atoms with Crippen molar-refractivity contribution in [2.45, 2.75) is 39.0 Å². The first-order chi connectivity index (χ1) is 11.3. The summed E-state index contributed by atoms with van der Waals surface area (Å²) in [5.74, 6) is -4.65. The lowest BCUT2D eigenvalue weighted by Gasteiger charge is -2.20. The molecule has 0 amide bonds. The Morgan fingerprint density at radius 3 is 2.25 bits per heavy atom. The van der Waals surface area contributed by atoms with E-state index in [2.05, 4.69) is 13.8 Å². The Morgan fingerprint density at radius 2 is 1.79 bits per heavy atom. The minimum atomic E-state index is -2.74. The first-order valence-electron chi connectivity index (χ1n) is 7.93. The molecule has 1 aromatic carbocycles. The minimum absolute atomic E-state index is 0.261. The fraction of sp³-hybridized carbons (Fsp3) is 0.368. The van der Waals surface area contributed by atoms with Crippen LogP contribution >= 0.6 is 0 Å². The molecular formula is C19H19F5. The highest BCUT2D eigenvalue weighted by atomic mass is 19.3. The number of rotatable bonds is 5. The largest absolute Gasteiger partial charge is 0.306 e. The van der Waals surface area contributed by atoms with Crippen LogP contribution in [0.4, 0.5) is 22.0 Å². The molecule has 0 radical (unpaired) electrons. The molecule has 5 heteroatoms. The quantitative estimate of drug-likeness (QED) is 0.510. The molecule has 0 heterocycles. The second kappa shape index (κ2) is 7.77. The predicted molar refractivity (Wildman–Crippen MR) is 85.3 cm³/mol. The first-order valence-corrected chi connectivity index (χ1v) is 7.93. The fourth-order valence-electron chi connectivity index (χ4n) is 2.96. The van der Waals surface area contributed by atoms with E-state index in [1.807, 2.05) is 18.2 Å². The van der Waals surface area contributed by atoms with Crippen LogP contribution < -0.4 is 0 Å². The van der Waals surface area contributed by atoms with Gasteiger partial charge in [-0.15, -0.1) is 0 Å². The third-order valence-corrected chi connectivity index (χ3v) is 4.30. The van der Waals surface area contributed by atoms with E-state index < -0.39 is 29.1 Å². The third kappa shape index (κ3) is 3.94. The Balaban J connectivity index is 2.24. The zero-order valence-electron chi connectivity index (χ0n) is 13.6. The Hall–Kier alpha value is -1.91. The smallest absolute Gasteiger partial charge is 0.206 e. The molecule has 0 aromatic heterocycles. The van der Waals surface area contributed by atoms with Crippen molar-refractivity contribution in [3.63, 3.8) is 0 Å². The van der Waals surface area contributed by atoms with Crippen LogP contribution in [-0.4, -0.2) is 0 Å².